The number of carbonyl (C=O) groups excluding carboxylic acids is 1. The number of rotatable bonds is 13. The largest absolute Gasteiger partial charge is 0.331 e. The van der Waals surface area contributed by atoms with Crippen LogP contribution in [0.1, 0.15) is 71.1 Å². The minimum Gasteiger partial charge on any atom is -0.331 e. The number of hydrogen-bond acceptors (Lipinski definition) is 1. The Balaban J connectivity index is 3.18. The average molecular weight is 282 g/mol. The fourth-order valence-corrected chi connectivity index (χ4v) is 2.32. The highest BCUT2D eigenvalue weighted by Gasteiger charge is 2.05. The maximum Gasteiger partial charge on any atom is 0.157 e. The Bertz CT molecular complexity index is 276. The van der Waals surface area contributed by atoms with Crippen molar-refractivity contribution < 1.29 is 9.28 Å². The Morgan fingerprint density at radius 1 is 0.800 bits per heavy atom. The van der Waals surface area contributed by atoms with Crippen LogP contribution in [0.4, 0.5) is 0 Å². The van der Waals surface area contributed by atoms with Gasteiger partial charge in [-0.15, -0.1) is 0 Å². The van der Waals surface area contributed by atoms with Gasteiger partial charge in [0.05, 0.1) is 27.7 Å². The average Bonchev–Trinajstić information content (AvgIpc) is 2.34. The van der Waals surface area contributed by atoms with E-state index in [0.29, 0.717) is 12.0 Å². The van der Waals surface area contributed by atoms with Crippen LogP contribution in [0.15, 0.2) is 12.2 Å². The molecule has 0 bridgehead atoms. The molecule has 20 heavy (non-hydrogen) atoms. The number of carbonyl (C=O) groups is 1. The van der Waals surface area contributed by atoms with E-state index in [-0.39, 0.29) is 5.78 Å². The van der Waals surface area contributed by atoms with Crippen molar-refractivity contribution in [2.45, 2.75) is 71.1 Å². The van der Waals surface area contributed by atoms with Gasteiger partial charge in [-0.2, -0.15) is 0 Å². The molecule has 0 saturated heterocycles. The van der Waals surface area contributed by atoms with Crippen molar-refractivity contribution in [3.63, 3.8) is 0 Å². The van der Waals surface area contributed by atoms with E-state index in [4.69, 9.17) is 0 Å². The van der Waals surface area contributed by atoms with Crippen molar-refractivity contribution in [3.8, 4) is 0 Å². The Hall–Kier alpha value is -0.630. The van der Waals surface area contributed by atoms with Gasteiger partial charge >= 0.3 is 0 Å². The van der Waals surface area contributed by atoms with Gasteiger partial charge in [-0.05, 0) is 31.8 Å². The molecule has 0 rings (SSSR count). The first kappa shape index (κ1) is 19.4. The summed E-state index contributed by atoms with van der Waals surface area (Å²) < 4.78 is 1.09. The Morgan fingerprint density at radius 3 is 1.60 bits per heavy atom. The third-order valence-corrected chi connectivity index (χ3v) is 3.71. The molecule has 0 fully saturated rings. The highest BCUT2D eigenvalue weighted by atomic mass is 16.1. The molecule has 0 aliphatic carbocycles. The number of ketones is 1. The quantitative estimate of drug-likeness (QED) is 0.271. The van der Waals surface area contributed by atoms with Crippen molar-refractivity contribution in [3.05, 3.63) is 12.2 Å². The van der Waals surface area contributed by atoms with Crippen LogP contribution in [-0.2, 0) is 4.79 Å². The zero-order chi connectivity index (χ0) is 15.4. The first-order chi connectivity index (χ1) is 9.33. The summed E-state index contributed by atoms with van der Waals surface area (Å²) in [6, 6.07) is 0. The molecule has 0 aliphatic rings. The van der Waals surface area contributed by atoms with Crippen molar-refractivity contribution in [2.24, 2.45) is 0 Å². The summed E-state index contributed by atoms with van der Waals surface area (Å²) in [5.74, 6) is 0.238. The zero-order valence-corrected chi connectivity index (χ0v) is 14.3. The van der Waals surface area contributed by atoms with E-state index in [9.17, 15) is 4.79 Å². The summed E-state index contributed by atoms with van der Waals surface area (Å²) in [6.07, 6.45) is 12.4. The molecule has 0 aromatic carbocycles. The second-order valence-corrected chi connectivity index (χ2v) is 7.15. The Labute approximate surface area is 126 Å². The lowest BCUT2D eigenvalue weighted by Gasteiger charge is -2.23. The Kier molecular flexibility index (Phi) is 10.7. The second-order valence-electron chi connectivity index (χ2n) is 7.15. The van der Waals surface area contributed by atoms with Crippen LogP contribution in [0, 0.1) is 0 Å². The second kappa shape index (κ2) is 11.1. The van der Waals surface area contributed by atoms with Gasteiger partial charge in [0.25, 0.3) is 0 Å². The number of Topliss-reactive ketones (excluding diaryl/α,β-unsaturated/α-hetero) is 1. The summed E-state index contributed by atoms with van der Waals surface area (Å²) in [4.78, 5) is 11.3. The molecule has 0 saturated carbocycles. The fraction of sp³-hybridized carbons (Fsp3) is 0.833. The van der Waals surface area contributed by atoms with Crippen LogP contribution in [0.2, 0.25) is 0 Å². The molecule has 2 heteroatoms. The maximum atomic E-state index is 11.3. The van der Waals surface area contributed by atoms with Crippen LogP contribution in [-0.4, -0.2) is 38.0 Å². The van der Waals surface area contributed by atoms with Crippen molar-refractivity contribution in [1.29, 1.82) is 0 Å². The Morgan fingerprint density at radius 2 is 1.20 bits per heavy atom. The molecule has 118 valence electrons. The lowest BCUT2D eigenvalue weighted by molar-refractivity contribution is -0.870. The molecule has 0 spiro atoms. The van der Waals surface area contributed by atoms with E-state index >= 15 is 0 Å². The molecular formula is C18H36NO+. The molecule has 0 aliphatic heterocycles. The van der Waals surface area contributed by atoms with E-state index < -0.39 is 0 Å². The minimum atomic E-state index is 0.238. The summed E-state index contributed by atoms with van der Waals surface area (Å²) in [5.41, 5.74) is 0.707. The van der Waals surface area contributed by atoms with Crippen LogP contribution < -0.4 is 0 Å². The highest BCUT2D eigenvalue weighted by molar-refractivity contribution is 5.93. The normalized spacial score (nSPS) is 11.6. The lowest BCUT2D eigenvalue weighted by atomic mass is 10.0. The summed E-state index contributed by atoms with van der Waals surface area (Å²) in [6.45, 7) is 6.78. The number of quaternary nitrogens is 1. The molecule has 0 amide bonds. The zero-order valence-electron chi connectivity index (χ0n) is 14.3. The smallest absolute Gasteiger partial charge is 0.157 e. The summed E-state index contributed by atoms with van der Waals surface area (Å²) in [7, 11) is 6.79. The van der Waals surface area contributed by atoms with Gasteiger partial charge in [-0.3, -0.25) is 4.79 Å². The van der Waals surface area contributed by atoms with E-state index in [0.717, 1.165) is 10.9 Å². The van der Waals surface area contributed by atoms with E-state index in [1.807, 2.05) is 0 Å². The number of nitrogens with zero attached hydrogens (tertiary/aromatic N) is 1. The molecule has 0 aromatic rings. The molecule has 0 unspecified atom stereocenters. The first-order valence-corrected chi connectivity index (χ1v) is 8.32. The minimum absolute atomic E-state index is 0.238. The van der Waals surface area contributed by atoms with Gasteiger partial charge in [-0.1, -0.05) is 45.1 Å². The monoisotopic (exact) mass is 282 g/mol. The number of allylic oxidation sites excluding steroid dienone is 1. The predicted octanol–water partition coefficient (Wildman–Crippen LogP) is 4.74. The molecule has 0 N–H and O–H groups in total. The SMILES string of the molecule is C=C(C)C(=O)CCCCCCCCCCC[N+](C)(C)C. The van der Waals surface area contributed by atoms with E-state index in [1.54, 1.807) is 6.92 Å². The molecule has 0 heterocycles. The van der Waals surface area contributed by atoms with Crippen LogP contribution in [0.5, 0.6) is 0 Å². The predicted molar refractivity (Wildman–Crippen MR) is 88.9 cm³/mol. The first-order valence-electron chi connectivity index (χ1n) is 8.32. The molecule has 0 atom stereocenters. The van der Waals surface area contributed by atoms with Crippen molar-refractivity contribution >= 4 is 5.78 Å². The van der Waals surface area contributed by atoms with Gasteiger partial charge in [0.15, 0.2) is 5.78 Å². The number of hydrogen-bond donors (Lipinski definition) is 0. The van der Waals surface area contributed by atoms with E-state index in [1.165, 1.54) is 57.9 Å². The standard InChI is InChI=1S/C18H36NO/c1-17(2)18(20)15-13-11-9-7-6-8-10-12-14-16-19(3,4)5/h1,6-16H2,2-5H3/q+1. The van der Waals surface area contributed by atoms with Crippen LogP contribution >= 0.6 is 0 Å². The summed E-state index contributed by atoms with van der Waals surface area (Å²) >= 11 is 0. The molecule has 0 radical (unpaired) electrons. The number of unbranched alkanes of at least 4 members (excludes halogenated alkanes) is 8. The van der Waals surface area contributed by atoms with Crippen molar-refractivity contribution in [1.82, 2.24) is 0 Å². The van der Waals surface area contributed by atoms with Gasteiger partial charge < -0.3 is 4.48 Å². The van der Waals surface area contributed by atoms with Gasteiger partial charge in [-0.25, -0.2) is 0 Å². The molecule has 0 aromatic heterocycles. The summed E-state index contributed by atoms with van der Waals surface area (Å²) in [5, 5.41) is 0. The fourth-order valence-electron chi connectivity index (χ4n) is 2.32. The molecule has 2 nitrogen and oxygen atoms in total. The maximum absolute atomic E-state index is 11.3. The molecular weight excluding hydrogens is 246 g/mol. The van der Waals surface area contributed by atoms with Gasteiger partial charge in [0.2, 0.25) is 0 Å². The van der Waals surface area contributed by atoms with Gasteiger partial charge in [0, 0.05) is 6.42 Å². The van der Waals surface area contributed by atoms with Crippen molar-refractivity contribution in [2.75, 3.05) is 27.7 Å². The lowest BCUT2D eigenvalue weighted by Crippen LogP contribution is -2.35. The van der Waals surface area contributed by atoms with Crippen LogP contribution in [0.3, 0.4) is 0 Å². The highest BCUT2D eigenvalue weighted by Crippen LogP contribution is 2.12. The third kappa shape index (κ3) is 13.8. The third-order valence-electron chi connectivity index (χ3n) is 3.71. The van der Waals surface area contributed by atoms with E-state index in [2.05, 4.69) is 27.7 Å². The topological polar surface area (TPSA) is 17.1 Å². The van der Waals surface area contributed by atoms with Crippen LogP contribution in [0.25, 0.3) is 0 Å². The van der Waals surface area contributed by atoms with Gasteiger partial charge in [0.1, 0.15) is 0 Å².